The van der Waals surface area contributed by atoms with Crippen molar-refractivity contribution in [2.45, 2.75) is 5.16 Å². The highest BCUT2D eigenvalue weighted by Crippen LogP contribution is 2.69. The molecule has 0 aliphatic heterocycles. The summed E-state index contributed by atoms with van der Waals surface area (Å²) >= 11 is 0. The van der Waals surface area contributed by atoms with Crippen molar-refractivity contribution in [2.24, 2.45) is 0 Å². The van der Waals surface area contributed by atoms with Crippen molar-refractivity contribution < 1.29 is 13.6 Å². The van der Waals surface area contributed by atoms with Gasteiger partial charge in [0.25, 0.3) is 0 Å². The van der Waals surface area contributed by atoms with Gasteiger partial charge < -0.3 is 23.7 Å². The quantitative estimate of drug-likeness (QED) is 0.111. The van der Waals surface area contributed by atoms with Crippen LogP contribution in [0.15, 0.2) is 133 Å². The molecule has 0 atom stereocenters. The van der Waals surface area contributed by atoms with E-state index >= 15 is 4.57 Å². The number of rotatable bonds is 11. The van der Waals surface area contributed by atoms with Gasteiger partial charge in [-0.3, -0.25) is 0 Å². The second kappa shape index (κ2) is 12.9. The first-order valence-corrected chi connectivity index (χ1v) is 16.1. The predicted molar refractivity (Wildman–Crippen MR) is 184 cm³/mol. The molecule has 0 N–H and O–H groups in total. The molecule has 0 aromatic heterocycles. The van der Waals surface area contributed by atoms with E-state index in [2.05, 4.69) is 0 Å². The van der Waals surface area contributed by atoms with Crippen LogP contribution in [-0.2, 0) is 9.72 Å². The maximum atomic E-state index is 16.2. The highest BCUT2D eigenvalue weighted by Gasteiger charge is 2.58. The first kappa shape index (κ1) is 30.8. The molecule has 0 saturated carbocycles. The van der Waals surface area contributed by atoms with Crippen LogP contribution in [-0.4, -0.2) is 42.3 Å². The molecular weight excluding hydrogens is 565 g/mol. The van der Waals surface area contributed by atoms with Crippen LogP contribution in [0.3, 0.4) is 0 Å². The van der Waals surface area contributed by atoms with Gasteiger partial charge in [0.15, 0.2) is 5.16 Å². The summed E-state index contributed by atoms with van der Waals surface area (Å²) in [5.74, 6) is 0.909. The van der Waals surface area contributed by atoms with Gasteiger partial charge in [-0.2, -0.15) is 0 Å². The third-order valence-corrected chi connectivity index (χ3v) is 10.3. The van der Waals surface area contributed by atoms with Gasteiger partial charge in [-0.1, -0.05) is 72.8 Å². The van der Waals surface area contributed by atoms with Crippen LogP contribution in [0, 0.1) is 0 Å². The van der Waals surface area contributed by atoms with E-state index in [0.29, 0.717) is 11.5 Å². The predicted octanol–water partition coefficient (Wildman–Crippen LogP) is 8.53. The van der Waals surface area contributed by atoms with Crippen LogP contribution in [0.1, 0.15) is 16.7 Å². The minimum atomic E-state index is -4.23. The highest BCUT2D eigenvalue weighted by atomic mass is 31.2. The summed E-state index contributed by atoms with van der Waals surface area (Å²) in [5, 5.41) is -1.36. The third kappa shape index (κ3) is 6.04. The number of hydrogen-bond donors (Lipinski definition) is 0. The maximum absolute atomic E-state index is 16.2. The first-order chi connectivity index (χ1) is 21.1. The van der Waals surface area contributed by atoms with Gasteiger partial charge in [-0.15, -0.1) is 0 Å². The Hall–Kier alpha value is -4.67. The smallest absolute Gasteiger partial charge is 0.415 e. The number of anilines is 3. The molecule has 0 fully saturated rings. The van der Waals surface area contributed by atoms with Crippen molar-refractivity contribution in [3.63, 3.8) is 0 Å². The topological polar surface area (TPSA) is 45.2 Å². The van der Waals surface area contributed by atoms with Gasteiger partial charge >= 0.3 is 7.60 Å². The van der Waals surface area contributed by atoms with Crippen LogP contribution >= 0.6 is 7.60 Å². The fourth-order valence-corrected chi connectivity index (χ4v) is 7.88. The molecule has 0 spiro atoms. The summed E-state index contributed by atoms with van der Waals surface area (Å²) in [6.45, 7) is 0. The molecule has 6 nitrogen and oxygen atoms in total. The number of benzene rings is 5. The maximum Gasteiger partial charge on any atom is 0.450 e. The molecule has 0 amide bonds. The molecule has 0 radical (unpaired) electrons. The van der Waals surface area contributed by atoms with Crippen LogP contribution in [0.4, 0.5) is 17.1 Å². The van der Waals surface area contributed by atoms with Crippen LogP contribution in [0.5, 0.6) is 11.5 Å². The summed E-state index contributed by atoms with van der Waals surface area (Å²) in [7, 11) is 7.80. The van der Waals surface area contributed by atoms with Crippen molar-refractivity contribution in [2.75, 3.05) is 57.0 Å². The minimum absolute atomic E-state index is 0.455. The molecule has 5 aromatic rings. The number of para-hydroxylation sites is 2. The van der Waals surface area contributed by atoms with Crippen molar-refractivity contribution in [3.05, 3.63) is 150 Å². The van der Waals surface area contributed by atoms with E-state index < -0.39 is 12.8 Å². The molecule has 5 aromatic carbocycles. The minimum Gasteiger partial charge on any atom is -0.415 e. The summed E-state index contributed by atoms with van der Waals surface area (Å²) in [6.07, 6.45) is 0. The number of nitrogens with zero attached hydrogens (tertiary/aromatic N) is 3. The zero-order valence-corrected chi connectivity index (χ0v) is 27.1. The molecule has 0 aliphatic rings. The van der Waals surface area contributed by atoms with Gasteiger partial charge in [0.2, 0.25) is 0 Å². The molecule has 0 aliphatic carbocycles. The Balaban J connectivity index is 1.89. The highest BCUT2D eigenvalue weighted by molar-refractivity contribution is 7.56. The van der Waals surface area contributed by atoms with Crippen molar-refractivity contribution in [1.29, 1.82) is 0 Å². The average Bonchev–Trinajstić information content (AvgIpc) is 3.03. The van der Waals surface area contributed by atoms with Gasteiger partial charge in [0.05, 0.1) is 0 Å². The van der Waals surface area contributed by atoms with Gasteiger partial charge in [0.1, 0.15) is 11.5 Å². The zero-order chi connectivity index (χ0) is 31.3. The van der Waals surface area contributed by atoms with E-state index in [1.807, 2.05) is 190 Å². The molecule has 0 heterocycles. The Morgan fingerprint density at radius 2 is 0.705 bits per heavy atom. The van der Waals surface area contributed by atoms with Gasteiger partial charge in [-0.25, -0.2) is 4.57 Å². The molecule has 0 unspecified atom stereocenters. The van der Waals surface area contributed by atoms with E-state index in [4.69, 9.17) is 9.05 Å². The normalized spacial score (nSPS) is 11.5. The first-order valence-electron chi connectivity index (χ1n) is 14.6. The lowest BCUT2D eigenvalue weighted by Crippen LogP contribution is -2.34. The summed E-state index contributed by atoms with van der Waals surface area (Å²) in [4.78, 5) is 6.14. The fraction of sp³-hybridized carbons (Fsp3) is 0.189. The van der Waals surface area contributed by atoms with Crippen LogP contribution in [0.2, 0.25) is 0 Å². The van der Waals surface area contributed by atoms with Crippen molar-refractivity contribution in [1.82, 2.24) is 0 Å². The van der Waals surface area contributed by atoms with Crippen LogP contribution < -0.4 is 23.7 Å². The lowest BCUT2D eigenvalue weighted by Gasteiger charge is -2.40. The summed E-state index contributed by atoms with van der Waals surface area (Å²) in [6, 6.07) is 43.0. The monoisotopic (exact) mass is 605 g/mol. The standard InChI is InChI=1S/C37H40N3O3P/c1-38(2)32-23-17-29(18-24-32)37(30-19-25-33(26-20-30)39(3)4,31-21-27-34(28-22-31)40(5)6)44(41,42-35-13-9-7-10-14-35)43-36-15-11-8-12-16-36/h7-28H,1-6H3. The van der Waals surface area contributed by atoms with Gasteiger partial charge in [-0.05, 0) is 77.4 Å². The van der Waals surface area contributed by atoms with Crippen molar-refractivity contribution in [3.8, 4) is 11.5 Å². The molecule has 0 saturated heterocycles. The average molecular weight is 606 g/mol. The molecule has 5 rings (SSSR count). The van der Waals surface area contributed by atoms with Gasteiger partial charge in [0, 0.05) is 59.3 Å². The Bertz CT molecular complexity index is 1520. The van der Waals surface area contributed by atoms with E-state index in [9.17, 15) is 0 Å². The fourth-order valence-electron chi connectivity index (χ4n) is 5.37. The SMILES string of the molecule is CN(C)c1ccc(C(c2ccc(N(C)C)cc2)(c2ccc(N(C)C)cc2)P(=O)(Oc2ccccc2)Oc2ccccc2)cc1. The lowest BCUT2D eigenvalue weighted by atomic mass is 9.83. The molecule has 44 heavy (non-hydrogen) atoms. The summed E-state index contributed by atoms with van der Waals surface area (Å²) < 4.78 is 29.5. The Labute approximate surface area is 261 Å². The van der Waals surface area contributed by atoms with E-state index in [0.717, 1.165) is 33.8 Å². The lowest BCUT2D eigenvalue weighted by molar-refractivity contribution is 0.363. The molecule has 7 heteroatoms. The van der Waals surface area contributed by atoms with Crippen molar-refractivity contribution >= 4 is 24.7 Å². The summed E-state index contributed by atoms with van der Waals surface area (Å²) in [5.41, 5.74) is 5.43. The van der Waals surface area contributed by atoms with E-state index in [1.165, 1.54) is 0 Å². The second-order valence-electron chi connectivity index (χ2n) is 11.3. The number of hydrogen-bond acceptors (Lipinski definition) is 6. The van der Waals surface area contributed by atoms with Crippen LogP contribution in [0.25, 0.3) is 0 Å². The Morgan fingerprint density at radius 3 is 0.955 bits per heavy atom. The molecule has 226 valence electrons. The molecular formula is C37H40N3O3P. The zero-order valence-electron chi connectivity index (χ0n) is 26.2. The Kier molecular flexibility index (Phi) is 9.03. The molecule has 0 bridgehead atoms. The second-order valence-corrected chi connectivity index (χ2v) is 13.4. The Morgan fingerprint density at radius 1 is 0.432 bits per heavy atom. The third-order valence-electron chi connectivity index (χ3n) is 7.75. The largest absolute Gasteiger partial charge is 0.450 e. The van der Waals surface area contributed by atoms with E-state index in [1.54, 1.807) is 0 Å². The van der Waals surface area contributed by atoms with E-state index in [-0.39, 0.29) is 0 Å².